The summed E-state index contributed by atoms with van der Waals surface area (Å²) >= 11 is 1.43. The van der Waals surface area contributed by atoms with E-state index in [1.54, 1.807) is 12.4 Å². The van der Waals surface area contributed by atoms with Crippen molar-refractivity contribution in [2.75, 3.05) is 6.54 Å². The number of nitrogens with zero attached hydrogens (tertiary/aromatic N) is 3. The second-order valence-electron chi connectivity index (χ2n) is 4.26. The Balaban J connectivity index is 2.34. The molecule has 102 valence electrons. The van der Waals surface area contributed by atoms with E-state index in [2.05, 4.69) is 15.5 Å². The molecule has 0 fully saturated rings. The van der Waals surface area contributed by atoms with Crippen molar-refractivity contribution >= 4 is 11.8 Å². The van der Waals surface area contributed by atoms with Gasteiger partial charge in [0.05, 0.1) is 0 Å². The average molecular weight is 280 g/mol. The lowest BCUT2D eigenvalue weighted by Gasteiger charge is -2.17. The monoisotopic (exact) mass is 280 g/mol. The van der Waals surface area contributed by atoms with Crippen molar-refractivity contribution in [3.05, 3.63) is 35.9 Å². The number of hydrogen-bond donors (Lipinski definition) is 1. The third-order valence-electron chi connectivity index (χ3n) is 2.83. The largest absolute Gasteiger partial charge is 0.311 e. The molecular formula is C13H17FN4S. The molecular weight excluding hydrogens is 263 g/mol. The van der Waals surface area contributed by atoms with Gasteiger partial charge in [-0.05, 0) is 37.4 Å². The summed E-state index contributed by atoms with van der Waals surface area (Å²) in [5, 5.41) is 11.8. The molecule has 0 spiro atoms. The van der Waals surface area contributed by atoms with Crippen LogP contribution in [0.15, 0.2) is 34.6 Å². The third kappa shape index (κ3) is 3.13. The van der Waals surface area contributed by atoms with E-state index in [4.69, 9.17) is 0 Å². The maximum atomic E-state index is 14.1. The Morgan fingerprint density at radius 3 is 2.89 bits per heavy atom. The van der Waals surface area contributed by atoms with Gasteiger partial charge in [0, 0.05) is 23.5 Å². The first-order chi connectivity index (χ1) is 9.13. The number of aryl methyl sites for hydroxylation is 1. The standard InChI is InChI=1S/C13H17FN4S/c1-4-15-9(2)12-10(14)6-5-7-11(12)19-13-17-16-8-18(13)3/h5-9,15H,4H2,1-3H3. The van der Waals surface area contributed by atoms with Gasteiger partial charge in [0.1, 0.15) is 12.1 Å². The molecule has 19 heavy (non-hydrogen) atoms. The van der Waals surface area contributed by atoms with Gasteiger partial charge in [-0.3, -0.25) is 0 Å². The van der Waals surface area contributed by atoms with Crippen molar-refractivity contribution in [3.8, 4) is 0 Å². The third-order valence-corrected chi connectivity index (χ3v) is 3.96. The molecule has 0 aliphatic rings. The van der Waals surface area contributed by atoms with Gasteiger partial charge in [-0.2, -0.15) is 0 Å². The highest BCUT2D eigenvalue weighted by atomic mass is 32.2. The topological polar surface area (TPSA) is 42.7 Å². The van der Waals surface area contributed by atoms with Gasteiger partial charge in [-0.25, -0.2) is 4.39 Å². The minimum Gasteiger partial charge on any atom is -0.311 e. The summed E-state index contributed by atoms with van der Waals surface area (Å²) in [6, 6.07) is 5.08. The zero-order valence-electron chi connectivity index (χ0n) is 11.2. The molecule has 1 heterocycles. The molecule has 0 aliphatic carbocycles. The van der Waals surface area contributed by atoms with Crippen molar-refractivity contribution in [3.63, 3.8) is 0 Å². The van der Waals surface area contributed by atoms with E-state index in [1.165, 1.54) is 17.8 Å². The lowest BCUT2D eigenvalue weighted by molar-refractivity contribution is 0.531. The summed E-state index contributed by atoms with van der Waals surface area (Å²) in [5.74, 6) is -0.194. The van der Waals surface area contributed by atoms with E-state index in [1.807, 2.05) is 31.5 Å². The van der Waals surface area contributed by atoms with Crippen LogP contribution >= 0.6 is 11.8 Å². The first kappa shape index (κ1) is 14.0. The van der Waals surface area contributed by atoms with Gasteiger partial charge in [0.2, 0.25) is 0 Å². The summed E-state index contributed by atoms with van der Waals surface area (Å²) in [5.41, 5.74) is 0.678. The number of benzene rings is 1. The molecule has 0 radical (unpaired) electrons. The molecule has 0 bridgehead atoms. The zero-order chi connectivity index (χ0) is 13.8. The smallest absolute Gasteiger partial charge is 0.195 e. The van der Waals surface area contributed by atoms with Gasteiger partial charge >= 0.3 is 0 Å². The van der Waals surface area contributed by atoms with Crippen LogP contribution in [0, 0.1) is 5.82 Å². The van der Waals surface area contributed by atoms with E-state index in [0.717, 1.165) is 16.6 Å². The van der Waals surface area contributed by atoms with Crippen molar-refractivity contribution < 1.29 is 4.39 Å². The van der Waals surface area contributed by atoms with Crippen molar-refractivity contribution in [1.82, 2.24) is 20.1 Å². The number of aromatic nitrogens is 3. The highest BCUT2D eigenvalue weighted by Crippen LogP contribution is 2.33. The molecule has 0 amide bonds. The predicted molar refractivity (Wildman–Crippen MR) is 73.6 cm³/mol. The number of nitrogens with one attached hydrogen (secondary N) is 1. The molecule has 4 nitrogen and oxygen atoms in total. The molecule has 0 aliphatic heterocycles. The Kier molecular flexibility index (Phi) is 4.55. The SMILES string of the molecule is CCNC(C)c1c(F)cccc1Sc1nncn1C. The highest BCUT2D eigenvalue weighted by Gasteiger charge is 2.17. The summed E-state index contributed by atoms with van der Waals surface area (Å²) in [6.45, 7) is 4.76. The molecule has 1 aromatic carbocycles. The number of hydrogen-bond acceptors (Lipinski definition) is 4. The first-order valence-electron chi connectivity index (χ1n) is 6.17. The van der Waals surface area contributed by atoms with Crippen molar-refractivity contribution in [1.29, 1.82) is 0 Å². The van der Waals surface area contributed by atoms with Crippen LogP contribution in [-0.2, 0) is 7.05 Å². The Bertz CT molecular complexity index is 555. The molecule has 2 rings (SSSR count). The Hall–Kier alpha value is -1.40. The van der Waals surface area contributed by atoms with Crippen molar-refractivity contribution in [2.45, 2.75) is 29.9 Å². The maximum Gasteiger partial charge on any atom is 0.195 e. The van der Waals surface area contributed by atoms with Crippen LogP contribution < -0.4 is 5.32 Å². The van der Waals surface area contributed by atoms with Gasteiger partial charge in [0.25, 0.3) is 0 Å². The predicted octanol–water partition coefficient (Wildman–Crippen LogP) is 2.78. The van der Waals surface area contributed by atoms with E-state index in [-0.39, 0.29) is 11.9 Å². The van der Waals surface area contributed by atoms with Crippen LogP contribution in [0.4, 0.5) is 4.39 Å². The lowest BCUT2D eigenvalue weighted by Crippen LogP contribution is -2.19. The molecule has 0 saturated heterocycles. The fraction of sp³-hybridized carbons (Fsp3) is 0.385. The van der Waals surface area contributed by atoms with Crippen LogP contribution in [-0.4, -0.2) is 21.3 Å². The van der Waals surface area contributed by atoms with Gasteiger partial charge in [-0.1, -0.05) is 13.0 Å². The van der Waals surface area contributed by atoms with E-state index >= 15 is 0 Å². The number of rotatable bonds is 5. The summed E-state index contributed by atoms with van der Waals surface area (Å²) in [6.07, 6.45) is 1.63. The van der Waals surface area contributed by atoms with Gasteiger partial charge in [-0.15, -0.1) is 10.2 Å². The zero-order valence-corrected chi connectivity index (χ0v) is 12.0. The molecule has 6 heteroatoms. The molecule has 0 saturated carbocycles. The fourth-order valence-corrected chi connectivity index (χ4v) is 2.90. The summed E-state index contributed by atoms with van der Waals surface area (Å²) < 4.78 is 15.9. The Labute approximate surface area is 116 Å². The summed E-state index contributed by atoms with van der Waals surface area (Å²) in [4.78, 5) is 0.865. The Morgan fingerprint density at radius 1 is 1.47 bits per heavy atom. The molecule has 1 aromatic heterocycles. The van der Waals surface area contributed by atoms with E-state index in [9.17, 15) is 4.39 Å². The van der Waals surface area contributed by atoms with Gasteiger partial charge < -0.3 is 9.88 Å². The highest BCUT2D eigenvalue weighted by molar-refractivity contribution is 7.99. The maximum absolute atomic E-state index is 14.1. The molecule has 1 unspecified atom stereocenters. The lowest BCUT2D eigenvalue weighted by atomic mass is 10.1. The second kappa shape index (κ2) is 6.16. The molecule has 1 N–H and O–H groups in total. The fourth-order valence-electron chi connectivity index (χ4n) is 1.90. The van der Waals surface area contributed by atoms with Crippen molar-refractivity contribution in [2.24, 2.45) is 7.05 Å². The van der Waals surface area contributed by atoms with Crippen LogP contribution in [0.5, 0.6) is 0 Å². The van der Waals surface area contributed by atoms with E-state index < -0.39 is 0 Å². The minimum absolute atomic E-state index is 0.0399. The number of halogens is 1. The minimum atomic E-state index is -0.194. The Morgan fingerprint density at radius 2 is 2.26 bits per heavy atom. The quantitative estimate of drug-likeness (QED) is 0.914. The van der Waals surface area contributed by atoms with Crippen LogP contribution in [0.25, 0.3) is 0 Å². The van der Waals surface area contributed by atoms with E-state index in [0.29, 0.717) is 5.56 Å². The molecule has 1 atom stereocenters. The van der Waals surface area contributed by atoms with Gasteiger partial charge in [0.15, 0.2) is 5.16 Å². The van der Waals surface area contributed by atoms with Crippen LogP contribution in [0.3, 0.4) is 0 Å². The van der Waals surface area contributed by atoms with Crippen LogP contribution in [0.1, 0.15) is 25.5 Å². The first-order valence-corrected chi connectivity index (χ1v) is 6.98. The second-order valence-corrected chi connectivity index (χ2v) is 5.27. The molecule has 2 aromatic rings. The average Bonchev–Trinajstić information content (AvgIpc) is 2.75. The normalized spacial score (nSPS) is 12.6. The van der Waals surface area contributed by atoms with Crippen LogP contribution in [0.2, 0.25) is 0 Å². The summed E-state index contributed by atoms with van der Waals surface area (Å²) in [7, 11) is 1.87.